The maximum absolute atomic E-state index is 12.3. The van der Waals surface area contributed by atoms with Gasteiger partial charge in [-0.15, -0.1) is 0 Å². The largest absolute Gasteiger partial charge is 0.385 e. The number of hydrogen-bond donors (Lipinski definition) is 1. The van der Waals surface area contributed by atoms with E-state index in [-0.39, 0.29) is 5.91 Å². The first-order valence-corrected chi connectivity index (χ1v) is 7.22. The summed E-state index contributed by atoms with van der Waals surface area (Å²) in [5.41, 5.74) is 2.12. The molecule has 0 radical (unpaired) electrons. The molecule has 1 aromatic heterocycles. The van der Waals surface area contributed by atoms with Crippen LogP contribution >= 0.6 is 0 Å². The number of amides is 1. The summed E-state index contributed by atoms with van der Waals surface area (Å²) in [5.74, 6) is -0.0660. The molecule has 2 rings (SSSR count). The fraction of sp³-hybridized carbons (Fsp3) is 0.294. The molecule has 114 valence electrons. The Bertz CT molecular complexity index is 670. The molecule has 0 spiro atoms. The van der Waals surface area contributed by atoms with Gasteiger partial charge in [-0.2, -0.15) is 5.26 Å². The summed E-state index contributed by atoms with van der Waals surface area (Å²) < 4.78 is 1.69. The minimum absolute atomic E-state index is 0.0660. The molecule has 1 aromatic carbocycles. The van der Waals surface area contributed by atoms with Crippen LogP contribution in [-0.2, 0) is 7.05 Å². The zero-order valence-electron chi connectivity index (χ0n) is 12.9. The van der Waals surface area contributed by atoms with Gasteiger partial charge in [0.05, 0.1) is 5.56 Å². The molecule has 2 aromatic rings. The van der Waals surface area contributed by atoms with Crippen molar-refractivity contribution in [3.63, 3.8) is 0 Å². The van der Waals surface area contributed by atoms with Gasteiger partial charge in [-0.1, -0.05) is 18.2 Å². The average molecular weight is 296 g/mol. The molecule has 0 saturated heterocycles. The minimum atomic E-state index is -0.0660. The lowest BCUT2D eigenvalue weighted by Gasteiger charge is -2.17. The molecule has 1 heterocycles. The highest BCUT2D eigenvalue weighted by atomic mass is 16.2. The molecule has 0 atom stereocenters. The van der Waals surface area contributed by atoms with Gasteiger partial charge in [0.2, 0.25) is 0 Å². The van der Waals surface area contributed by atoms with Crippen molar-refractivity contribution in [1.29, 1.82) is 5.26 Å². The second kappa shape index (κ2) is 7.32. The van der Waals surface area contributed by atoms with Crippen molar-refractivity contribution in [1.82, 2.24) is 9.47 Å². The van der Waals surface area contributed by atoms with Crippen LogP contribution in [0.3, 0.4) is 0 Å². The lowest BCUT2D eigenvalue weighted by molar-refractivity contribution is 0.0785. The highest BCUT2D eigenvalue weighted by Gasteiger charge is 2.15. The number of anilines is 1. The molecule has 0 aliphatic heterocycles. The van der Waals surface area contributed by atoms with E-state index in [1.807, 2.05) is 30.3 Å². The van der Waals surface area contributed by atoms with Crippen molar-refractivity contribution in [3.8, 4) is 6.07 Å². The van der Waals surface area contributed by atoms with Gasteiger partial charge < -0.3 is 14.8 Å². The van der Waals surface area contributed by atoms with E-state index < -0.39 is 0 Å². The molecule has 0 aliphatic carbocycles. The van der Waals surface area contributed by atoms with E-state index in [0.717, 1.165) is 18.7 Å². The van der Waals surface area contributed by atoms with Crippen LogP contribution in [0.5, 0.6) is 0 Å². The Labute approximate surface area is 130 Å². The Balaban J connectivity index is 1.81. The molecule has 0 aliphatic rings. The summed E-state index contributed by atoms with van der Waals surface area (Å²) in [7, 11) is 3.56. The lowest BCUT2D eigenvalue weighted by Crippen LogP contribution is -2.30. The highest BCUT2D eigenvalue weighted by molar-refractivity contribution is 5.93. The molecule has 1 amide bonds. The first-order chi connectivity index (χ1) is 10.6. The van der Waals surface area contributed by atoms with Crippen molar-refractivity contribution < 1.29 is 4.79 Å². The SMILES string of the molecule is CN(CCCNc1ccccc1)C(=O)c1cc(C#N)cn1C. The van der Waals surface area contributed by atoms with Gasteiger partial charge in [0, 0.05) is 39.1 Å². The standard InChI is InChI=1S/C17H20N4O/c1-20(10-6-9-19-15-7-4-3-5-8-15)17(22)16-11-14(12-18)13-21(16)2/h3-5,7-8,11,13,19H,6,9-10H2,1-2H3. The van der Waals surface area contributed by atoms with E-state index in [1.54, 1.807) is 35.8 Å². The van der Waals surface area contributed by atoms with Crippen molar-refractivity contribution in [2.75, 3.05) is 25.5 Å². The van der Waals surface area contributed by atoms with Gasteiger partial charge in [0.1, 0.15) is 11.8 Å². The molecule has 5 heteroatoms. The summed E-state index contributed by atoms with van der Waals surface area (Å²) in [6, 6.07) is 13.7. The van der Waals surface area contributed by atoms with Crippen LogP contribution in [0.15, 0.2) is 42.6 Å². The smallest absolute Gasteiger partial charge is 0.270 e. The highest BCUT2D eigenvalue weighted by Crippen LogP contribution is 2.09. The number of nitriles is 1. The fourth-order valence-electron chi connectivity index (χ4n) is 2.24. The number of aryl methyl sites for hydroxylation is 1. The topological polar surface area (TPSA) is 61.1 Å². The van der Waals surface area contributed by atoms with Crippen LogP contribution < -0.4 is 5.32 Å². The average Bonchev–Trinajstić information content (AvgIpc) is 2.92. The number of nitrogens with zero attached hydrogens (tertiary/aromatic N) is 3. The Morgan fingerprint density at radius 3 is 2.73 bits per heavy atom. The van der Waals surface area contributed by atoms with Crippen LogP contribution in [0, 0.1) is 11.3 Å². The van der Waals surface area contributed by atoms with Gasteiger partial charge in [-0.05, 0) is 24.6 Å². The first-order valence-electron chi connectivity index (χ1n) is 7.22. The van der Waals surface area contributed by atoms with E-state index >= 15 is 0 Å². The summed E-state index contributed by atoms with van der Waals surface area (Å²) in [4.78, 5) is 14.0. The Morgan fingerprint density at radius 1 is 1.36 bits per heavy atom. The molecule has 5 nitrogen and oxygen atoms in total. The number of carbonyl (C=O) groups is 1. The van der Waals surface area contributed by atoms with E-state index in [2.05, 4.69) is 11.4 Å². The van der Waals surface area contributed by atoms with Crippen LogP contribution in [0.2, 0.25) is 0 Å². The number of carbonyl (C=O) groups excluding carboxylic acids is 1. The molecule has 0 fully saturated rings. The number of para-hydroxylation sites is 1. The van der Waals surface area contributed by atoms with Gasteiger partial charge in [-0.25, -0.2) is 0 Å². The summed E-state index contributed by atoms with van der Waals surface area (Å²) in [5, 5.41) is 12.2. The van der Waals surface area contributed by atoms with E-state index in [9.17, 15) is 4.79 Å². The second-order valence-corrected chi connectivity index (χ2v) is 5.21. The number of benzene rings is 1. The predicted octanol–water partition coefficient (Wildman–Crippen LogP) is 2.47. The minimum Gasteiger partial charge on any atom is -0.385 e. The Morgan fingerprint density at radius 2 is 2.09 bits per heavy atom. The predicted molar refractivity (Wildman–Crippen MR) is 86.6 cm³/mol. The fourth-order valence-corrected chi connectivity index (χ4v) is 2.24. The van der Waals surface area contributed by atoms with Crippen LogP contribution in [-0.4, -0.2) is 35.5 Å². The monoisotopic (exact) mass is 296 g/mol. The zero-order chi connectivity index (χ0) is 15.9. The molecule has 0 saturated carbocycles. The molecule has 1 N–H and O–H groups in total. The van der Waals surface area contributed by atoms with Crippen molar-refractivity contribution in [2.45, 2.75) is 6.42 Å². The maximum Gasteiger partial charge on any atom is 0.270 e. The summed E-state index contributed by atoms with van der Waals surface area (Å²) in [6.45, 7) is 1.46. The third-order valence-corrected chi connectivity index (χ3v) is 3.47. The van der Waals surface area contributed by atoms with Crippen molar-refractivity contribution in [2.24, 2.45) is 7.05 Å². The van der Waals surface area contributed by atoms with Crippen LogP contribution in [0.4, 0.5) is 5.69 Å². The summed E-state index contributed by atoms with van der Waals surface area (Å²) in [6.07, 6.45) is 2.52. The van der Waals surface area contributed by atoms with E-state index in [0.29, 0.717) is 17.8 Å². The van der Waals surface area contributed by atoms with Gasteiger partial charge in [-0.3, -0.25) is 4.79 Å². The Kier molecular flexibility index (Phi) is 5.21. The molecular weight excluding hydrogens is 276 g/mol. The lowest BCUT2D eigenvalue weighted by atomic mass is 10.3. The van der Waals surface area contributed by atoms with E-state index in [4.69, 9.17) is 5.26 Å². The van der Waals surface area contributed by atoms with Gasteiger partial charge >= 0.3 is 0 Å². The number of aromatic nitrogens is 1. The van der Waals surface area contributed by atoms with Crippen LogP contribution in [0.25, 0.3) is 0 Å². The molecule has 0 bridgehead atoms. The molecule has 22 heavy (non-hydrogen) atoms. The number of hydrogen-bond acceptors (Lipinski definition) is 3. The molecular formula is C17H20N4O. The van der Waals surface area contributed by atoms with Gasteiger partial charge in [0.15, 0.2) is 0 Å². The molecule has 0 unspecified atom stereocenters. The summed E-state index contributed by atoms with van der Waals surface area (Å²) >= 11 is 0. The van der Waals surface area contributed by atoms with Crippen molar-refractivity contribution in [3.05, 3.63) is 53.9 Å². The van der Waals surface area contributed by atoms with Gasteiger partial charge in [0.25, 0.3) is 5.91 Å². The second-order valence-electron chi connectivity index (χ2n) is 5.21. The number of rotatable bonds is 6. The quantitative estimate of drug-likeness (QED) is 0.833. The third kappa shape index (κ3) is 3.89. The maximum atomic E-state index is 12.3. The van der Waals surface area contributed by atoms with Crippen LogP contribution in [0.1, 0.15) is 22.5 Å². The van der Waals surface area contributed by atoms with E-state index in [1.165, 1.54) is 0 Å². The third-order valence-electron chi connectivity index (χ3n) is 3.47. The number of nitrogens with one attached hydrogen (secondary N) is 1. The zero-order valence-corrected chi connectivity index (χ0v) is 12.9. The van der Waals surface area contributed by atoms with Crippen molar-refractivity contribution >= 4 is 11.6 Å². The Hall–Kier alpha value is -2.74. The normalized spacial score (nSPS) is 10.0. The first kappa shape index (κ1) is 15.6.